The monoisotopic (exact) mass is 366 g/mol. The van der Waals surface area contributed by atoms with E-state index in [1.54, 1.807) is 6.92 Å². The van der Waals surface area contributed by atoms with Gasteiger partial charge in [-0.15, -0.1) is 0 Å². The molecule has 0 amide bonds. The lowest BCUT2D eigenvalue weighted by molar-refractivity contribution is -0.494. The van der Waals surface area contributed by atoms with Gasteiger partial charge in [-0.3, -0.25) is 9.69 Å². The molecule has 0 saturated heterocycles. The minimum atomic E-state index is -0.116. The van der Waals surface area contributed by atoms with Crippen LogP contribution in [0.15, 0.2) is 60.7 Å². The highest BCUT2D eigenvalue weighted by molar-refractivity contribution is 5.84. The van der Waals surface area contributed by atoms with E-state index in [0.717, 1.165) is 22.6 Å². The van der Waals surface area contributed by atoms with Gasteiger partial charge >= 0.3 is 0 Å². The van der Waals surface area contributed by atoms with Crippen LogP contribution in [0.25, 0.3) is 0 Å². The molecule has 0 aromatic heterocycles. The first-order valence-corrected chi connectivity index (χ1v) is 9.56. The van der Waals surface area contributed by atoms with Crippen LogP contribution < -0.4 is 0 Å². The van der Waals surface area contributed by atoms with Crippen molar-refractivity contribution in [3.8, 4) is 0 Å². The summed E-state index contributed by atoms with van der Waals surface area (Å²) in [6.07, 6.45) is 1.11. The summed E-state index contributed by atoms with van der Waals surface area (Å²) < 4.78 is 1.12. The first-order chi connectivity index (χ1) is 13.0. The Balaban J connectivity index is 2.22. The summed E-state index contributed by atoms with van der Waals surface area (Å²) in [7, 11) is 0. The van der Waals surface area contributed by atoms with Crippen molar-refractivity contribution in [2.75, 3.05) is 13.1 Å². The highest BCUT2D eigenvalue weighted by atomic mass is 16.5. The van der Waals surface area contributed by atoms with Crippen molar-refractivity contribution in [3.05, 3.63) is 77.0 Å². The van der Waals surface area contributed by atoms with Crippen molar-refractivity contribution in [1.82, 2.24) is 4.90 Å². The Morgan fingerprint density at radius 1 is 1.00 bits per heavy atom. The molecule has 0 bridgehead atoms. The molecule has 0 aliphatic rings. The van der Waals surface area contributed by atoms with Crippen LogP contribution in [0.2, 0.25) is 0 Å². The predicted molar refractivity (Wildman–Crippen MR) is 111 cm³/mol. The Bertz CT molecular complexity index is 739. The molecule has 2 rings (SSSR count). The van der Waals surface area contributed by atoms with Gasteiger partial charge in [-0.25, -0.2) is 4.74 Å². The Kier molecular flexibility index (Phi) is 8.21. The van der Waals surface area contributed by atoms with Crippen LogP contribution in [0.4, 0.5) is 0 Å². The predicted octanol–water partition coefficient (Wildman–Crippen LogP) is 4.07. The number of rotatable bonds is 10. The number of Topliss-reactive ketones (excluding diaryl/α,β-unsaturated/α-hetero) is 1. The minimum Gasteiger partial charge on any atom is -0.624 e. The number of nitrogens with zero attached hydrogens (tertiary/aromatic N) is 2. The van der Waals surface area contributed by atoms with Crippen LogP contribution in [0.5, 0.6) is 0 Å². The van der Waals surface area contributed by atoms with Gasteiger partial charge in [-0.2, -0.15) is 0 Å². The minimum absolute atomic E-state index is 0.116. The van der Waals surface area contributed by atoms with Crippen LogP contribution in [-0.2, 0) is 17.8 Å². The lowest BCUT2D eigenvalue weighted by Crippen LogP contribution is -2.37. The fraction of sp³-hybridized carbons (Fsp3) is 0.391. The lowest BCUT2D eigenvalue weighted by atomic mass is 10.1. The summed E-state index contributed by atoms with van der Waals surface area (Å²) in [5.74, 6) is 0.167. The van der Waals surface area contributed by atoms with Crippen molar-refractivity contribution in [1.29, 1.82) is 0 Å². The zero-order valence-corrected chi connectivity index (χ0v) is 16.6. The molecule has 27 heavy (non-hydrogen) atoms. The molecule has 0 spiro atoms. The maximum atomic E-state index is 12.8. The molecule has 144 valence electrons. The number of hydrogen-bond acceptors (Lipinski definition) is 3. The third kappa shape index (κ3) is 7.35. The maximum Gasteiger partial charge on any atom is 0.182 e. The average molecular weight is 367 g/mol. The molecule has 0 fully saturated rings. The molecule has 0 heterocycles. The molecule has 0 atom stereocenters. The van der Waals surface area contributed by atoms with E-state index in [0.29, 0.717) is 25.9 Å². The van der Waals surface area contributed by atoms with Crippen molar-refractivity contribution < 1.29 is 9.53 Å². The smallest absolute Gasteiger partial charge is 0.182 e. The average Bonchev–Trinajstić information content (AvgIpc) is 2.66. The third-order valence-corrected chi connectivity index (χ3v) is 4.47. The molecule has 4 heteroatoms. The molecule has 0 aliphatic heterocycles. The Morgan fingerprint density at radius 3 is 2.07 bits per heavy atom. The summed E-state index contributed by atoms with van der Waals surface area (Å²) in [4.78, 5) is 13.7. The van der Waals surface area contributed by atoms with Crippen LogP contribution in [0.1, 0.15) is 38.3 Å². The van der Waals surface area contributed by atoms with E-state index in [1.165, 1.54) is 5.56 Å². The van der Waals surface area contributed by atoms with E-state index in [2.05, 4.69) is 17.0 Å². The van der Waals surface area contributed by atoms with Gasteiger partial charge < -0.3 is 5.21 Å². The molecular formula is C23H30N2O2. The van der Waals surface area contributed by atoms with E-state index in [9.17, 15) is 10.0 Å². The molecular weight excluding hydrogens is 336 g/mol. The first-order valence-electron chi connectivity index (χ1n) is 9.56. The summed E-state index contributed by atoms with van der Waals surface area (Å²) in [5.41, 5.74) is 3.14. The molecule has 0 aliphatic carbocycles. The fourth-order valence-electron chi connectivity index (χ4n) is 3.03. The molecule has 0 N–H and O–H groups in total. The number of hydroxylamine groups is 1. The van der Waals surface area contributed by atoms with Gasteiger partial charge in [-0.05, 0) is 31.9 Å². The quantitative estimate of drug-likeness (QED) is 0.276. The number of carbonyl (C=O) groups excluding carboxylic acids is 1. The highest BCUT2D eigenvalue weighted by Gasteiger charge is 2.19. The lowest BCUT2D eigenvalue weighted by Gasteiger charge is -2.24. The van der Waals surface area contributed by atoms with Crippen molar-refractivity contribution in [3.63, 3.8) is 0 Å². The maximum absolute atomic E-state index is 12.8. The summed E-state index contributed by atoms with van der Waals surface area (Å²) in [5, 5.41) is 12.8. The van der Waals surface area contributed by atoms with Gasteiger partial charge in [0.15, 0.2) is 11.8 Å². The zero-order valence-electron chi connectivity index (χ0n) is 16.6. The van der Waals surface area contributed by atoms with Crippen molar-refractivity contribution in [2.45, 2.75) is 46.2 Å². The topological polar surface area (TPSA) is 46.4 Å². The van der Waals surface area contributed by atoms with Gasteiger partial charge in [0, 0.05) is 19.5 Å². The largest absolute Gasteiger partial charge is 0.624 e. The second-order valence-corrected chi connectivity index (χ2v) is 7.30. The second-order valence-electron chi connectivity index (χ2n) is 7.30. The number of ketones is 1. The van der Waals surface area contributed by atoms with Gasteiger partial charge in [0.1, 0.15) is 5.78 Å². The number of hydrogen-bond donors (Lipinski definition) is 0. The Hall–Kier alpha value is -2.46. The SMILES string of the molecule is CC(=O)CCN(C/C(Cc1ccccc1)=[N+](\[O-])C(C)C)Cc1ccccc1. The highest BCUT2D eigenvalue weighted by Crippen LogP contribution is 2.09. The molecule has 0 radical (unpaired) electrons. The van der Waals surface area contributed by atoms with E-state index < -0.39 is 0 Å². The summed E-state index contributed by atoms with van der Waals surface area (Å²) in [6, 6.07) is 20.1. The van der Waals surface area contributed by atoms with E-state index in [-0.39, 0.29) is 11.8 Å². The fourth-order valence-corrected chi connectivity index (χ4v) is 3.03. The van der Waals surface area contributed by atoms with E-state index in [4.69, 9.17) is 0 Å². The van der Waals surface area contributed by atoms with E-state index in [1.807, 2.05) is 62.4 Å². The molecule has 4 nitrogen and oxygen atoms in total. The number of carbonyl (C=O) groups is 1. The Labute approximate surface area is 162 Å². The summed E-state index contributed by atoms with van der Waals surface area (Å²) in [6.45, 7) is 7.36. The van der Waals surface area contributed by atoms with Crippen LogP contribution in [0.3, 0.4) is 0 Å². The van der Waals surface area contributed by atoms with Crippen LogP contribution in [-0.4, -0.2) is 40.3 Å². The zero-order chi connectivity index (χ0) is 19.6. The third-order valence-electron chi connectivity index (χ3n) is 4.47. The normalized spacial score (nSPS) is 12.3. The summed E-state index contributed by atoms with van der Waals surface area (Å²) >= 11 is 0. The second kappa shape index (κ2) is 10.6. The van der Waals surface area contributed by atoms with Crippen molar-refractivity contribution >= 4 is 11.5 Å². The first kappa shape index (κ1) is 20.8. The number of benzene rings is 2. The standard InChI is InChI=1S/C23H30N2O2/c1-19(2)25(27)23(16-21-10-6-4-7-11-21)18-24(15-14-20(3)26)17-22-12-8-5-9-13-22/h4-13,19H,14-18H2,1-3H3/b25-23-. The van der Waals surface area contributed by atoms with Gasteiger partial charge in [0.25, 0.3) is 0 Å². The van der Waals surface area contributed by atoms with Crippen molar-refractivity contribution in [2.24, 2.45) is 0 Å². The van der Waals surface area contributed by atoms with Gasteiger partial charge in [-0.1, -0.05) is 60.7 Å². The van der Waals surface area contributed by atoms with Crippen LogP contribution >= 0.6 is 0 Å². The van der Waals surface area contributed by atoms with Gasteiger partial charge in [0.2, 0.25) is 0 Å². The molecule has 2 aromatic carbocycles. The van der Waals surface area contributed by atoms with Crippen LogP contribution in [0, 0.1) is 5.21 Å². The Morgan fingerprint density at radius 2 is 1.56 bits per heavy atom. The molecule has 2 aromatic rings. The van der Waals surface area contributed by atoms with E-state index >= 15 is 0 Å². The molecule has 0 unspecified atom stereocenters. The molecule has 0 saturated carbocycles. The van der Waals surface area contributed by atoms with Gasteiger partial charge in [0.05, 0.1) is 13.0 Å².